The number of nitrogens with two attached hydrogens (primary N) is 1. The molecule has 0 aliphatic rings. The molecule has 0 rings (SSSR count). The summed E-state index contributed by atoms with van der Waals surface area (Å²) in [4.78, 5) is 12.2. The van der Waals surface area contributed by atoms with Crippen molar-refractivity contribution in [3.63, 3.8) is 0 Å². The Kier molecular flexibility index (Phi) is 9.02. The number of carbonyl (C=O) groups is 1. The van der Waals surface area contributed by atoms with Crippen LogP contribution in [0.15, 0.2) is 0 Å². The molecule has 114 valence electrons. The molecule has 0 amide bonds. The molecule has 19 heavy (non-hydrogen) atoms. The Morgan fingerprint density at radius 3 is 2.26 bits per heavy atom. The maximum Gasteiger partial charge on any atom is 0.313 e. The highest BCUT2D eigenvalue weighted by molar-refractivity contribution is 5.77. The van der Waals surface area contributed by atoms with Gasteiger partial charge in [0.1, 0.15) is 0 Å². The number of ether oxygens (including phenoxy) is 2. The van der Waals surface area contributed by atoms with Crippen LogP contribution in [-0.4, -0.2) is 32.3 Å². The lowest BCUT2D eigenvalue weighted by molar-refractivity contribution is -0.157. The molecule has 0 aromatic carbocycles. The van der Waals surface area contributed by atoms with Gasteiger partial charge in [-0.15, -0.1) is 0 Å². The molecule has 0 aliphatic heterocycles. The average Bonchev–Trinajstić information content (AvgIpc) is 2.32. The highest BCUT2D eigenvalue weighted by Crippen LogP contribution is 2.31. The van der Waals surface area contributed by atoms with Crippen LogP contribution in [0.1, 0.15) is 47.5 Å². The first kappa shape index (κ1) is 18.4. The predicted octanol–water partition coefficient (Wildman–Crippen LogP) is 2.60. The molecule has 2 N–H and O–H groups in total. The molecule has 0 bridgehead atoms. The zero-order chi connectivity index (χ0) is 14.9. The maximum atomic E-state index is 12.2. The smallest absolute Gasteiger partial charge is 0.313 e. The van der Waals surface area contributed by atoms with Gasteiger partial charge in [-0.3, -0.25) is 4.79 Å². The Labute approximate surface area is 118 Å². The van der Waals surface area contributed by atoms with Gasteiger partial charge in [0.2, 0.25) is 0 Å². The summed E-state index contributed by atoms with van der Waals surface area (Å²) in [5.74, 6) is 0.720. The summed E-state index contributed by atoms with van der Waals surface area (Å²) in [6, 6.07) is 0. The lowest BCUT2D eigenvalue weighted by atomic mass is 9.77. The van der Waals surface area contributed by atoms with E-state index in [1.54, 1.807) is 0 Å². The van der Waals surface area contributed by atoms with Gasteiger partial charge in [0.05, 0.1) is 12.0 Å². The van der Waals surface area contributed by atoms with E-state index in [9.17, 15) is 4.79 Å². The van der Waals surface area contributed by atoms with Crippen molar-refractivity contribution in [2.24, 2.45) is 23.0 Å². The van der Waals surface area contributed by atoms with Gasteiger partial charge >= 0.3 is 5.97 Å². The minimum absolute atomic E-state index is 0.181. The molecular weight excluding hydrogens is 242 g/mol. The summed E-state index contributed by atoms with van der Waals surface area (Å²) >= 11 is 0. The molecule has 0 fully saturated rings. The molecule has 4 nitrogen and oxygen atoms in total. The SMILES string of the molecule is CCOC(=O)C(CN)(CCOCC(C)C)CC(C)C. The molecule has 0 heterocycles. The predicted molar refractivity (Wildman–Crippen MR) is 77.8 cm³/mol. The molecule has 0 spiro atoms. The molecule has 0 radical (unpaired) electrons. The Morgan fingerprint density at radius 1 is 1.21 bits per heavy atom. The summed E-state index contributed by atoms with van der Waals surface area (Å²) in [7, 11) is 0. The zero-order valence-electron chi connectivity index (χ0n) is 13.2. The first-order chi connectivity index (χ1) is 8.88. The van der Waals surface area contributed by atoms with E-state index in [-0.39, 0.29) is 5.97 Å². The van der Waals surface area contributed by atoms with E-state index in [0.717, 1.165) is 6.42 Å². The van der Waals surface area contributed by atoms with Gasteiger partial charge in [0, 0.05) is 19.8 Å². The number of hydrogen-bond acceptors (Lipinski definition) is 4. The highest BCUT2D eigenvalue weighted by Gasteiger charge is 2.38. The van der Waals surface area contributed by atoms with Crippen molar-refractivity contribution in [1.82, 2.24) is 0 Å². The quantitative estimate of drug-likeness (QED) is 0.491. The molecular formula is C15H31NO3. The van der Waals surface area contributed by atoms with Crippen LogP contribution in [0.5, 0.6) is 0 Å². The maximum absolute atomic E-state index is 12.2. The number of esters is 1. The molecule has 1 atom stereocenters. The third kappa shape index (κ3) is 6.92. The second-order valence-corrected chi connectivity index (χ2v) is 6.02. The number of hydrogen-bond donors (Lipinski definition) is 1. The third-order valence-corrected chi connectivity index (χ3v) is 3.07. The lowest BCUT2D eigenvalue weighted by Crippen LogP contribution is -2.42. The van der Waals surface area contributed by atoms with Crippen molar-refractivity contribution in [2.45, 2.75) is 47.5 Å². The molecule has 0 saturated heterocycles. The van der Waals surface area contributed by atoms with Crippen LogP contribution >= 0.6 is 0 Å². The standard InChI is InChI=1S/C15H31NO3/c1-6-19-14(17)15(11-16,9-12(2)3)7-8-18-10-13(4)5/h12-13H,6-11,16H2,1-5H3. The van der Waals surface area contributed by atoms with E-state index in [1.165, 1.54) is 0 Å². The normalized spacial score (nSPS) is 14.7. The first-order valence-corrected chi connectivity index (χ1v) is 7.33. The molecule has 4 heteroatoms. The molecule has 1 unspecified atom stereocenters. The summed E-state index contributed by atoms with van der Waals surface area (Å²) in [5.41, 5.74) is 5.28. The molecule has 0 saturated carbocycles. The highest BCUT2D eigenvalue weighted by atomic mass is 16.5. The van der Waals surface area contributed by atoms with Crippen molar-refractivity contribution in [1.29, 1.82) is 0 Å². The Morgan fingerprint density at radius 2 is 1.84 bits per heavy atom. The molecule has 0 aliphatic carbocycles. The largest absolute Gasteiger partial charge is 0.466 e. The van der Waals surface area contributed by atoms with Gasteiger partial charge in [0.25, 0.3) is 0 Å². The van der Waals surface area contributed by atoms with Gasteiger partial charge in [0.15, 0.2) is 0 Å². The zero-order valence-corrected chi connectivity index (χ0v) is 13.2. The van der Waals surface area contributed by atoms with E-state index in [1.807, 2.05) is 6.92 Å². The summed E-state index contributed by atoms with van der Waals surface area (Å²) in [6.07, 6.45) is 1.38. The second kappa shape index (κ2) is 9.32. The Balaban J connectivity index is 4.58. The van der Waals surface area contributed by atoms with Crippen LogP contribution in [-0.2, 0) is 14.3 Å². The minimum Gasteiger partial charge on any atom is -0.466 e. The Bertz CT molecular complexity index is 254. The van der Waals surface area contributed by atoms with Crippen molar-refractivity contribution in [3.05, 3.63) is 0 Å². The van der Waals surface area contributed by atoms with Crippen molar-refractivity contribution in [3.8, 4) is 0 Å². The van der Waals surface area contributed by atoms with Gasteiger partial charge in [-0.2, -0.15) is 0 Å². The van der Waals surface area contributed by atoms with Crippen LogP contribution in [0, 0.1) is 17.3 Å². The van der Waals surface area contributed by atoms with Crippen LogP contribution < -0.4 is 5.73 Å². The monoisotopic (exact) mass is 273 g/mol. The average molecular weight is 273 g/mol. The van der Waals surface area contributed by atoms with Crippen molar-refractivity contribution in [2.75, 3.05) is 26.4 Å². The van der Waals surface area contributed by atoms with Crippen LogP contribution in [0.3, 0.4) is 0 Å². The number of rotatable bonds is 10. The fraction of sp³-hybridized carbons (Fsp3) is 0.933. The summed E-state index contributed by atoms with van der Waals surface area (Å²) < 4.78 is 10.8. The lowest BCUT2D eigenvalue weighted by Gasteiger charge is -2.31. The Hall–Kier alpha value is -0.610. The molecule has 0 aromatic heterocycles. The topological polar surface area (TPSA) is 61.5 Å². The number of carbonyl (C=O) groups excluding carboxylic acids is 1. The van der Waals surface area contributed by atoms with Gasteiger partial charge in [-0.25, -0.2) is 0 Å². The van der Waals surface area contributed by atoms with E-state index >= 15 is 0 Å². The first-order valence-electron chi connectivity index (χ1n) is 7.33. The van der Waals surface area contributed by atoms with Crippen LogP contribution in [0.4, 0.5) is 0 Å². The summed E-state index contributed by atoms with van der Waals surface area (Å²) in [6.45, 7) is 12.2. The fourth-order valence-electron chi connectivity index (χ4n) is 2.21. The third-order valence-electron chi connectivity index (χ3n) is 3.07. The van der Waals surface area contributed by atoms with Crippen LogP contribution in [0.2, 0.25) is 0 Å². The second-order valence-electron chi connectivity index (χ2n) is 6.02. The summed E-state index contributed by atoms with van der Waals surface area (Å²) in [5, 5.41) is 0. The minimum atomic E-state index is -0.596. The van der Waals surface area contributed by atoms with E-state index < -0.39 is 5.41 Å². The van der Waals surface area contributed by atoms with Gasteiger partial charge in [-0.05, 0) is 31.6 Å². The van der Waals surface area contributed by atoms with E-state index in [0.29, 0.717) is 44.6 Å². The van der Waals surface area contributed by atoms with E-state index in [4.69, 9.17) is 15.2 Å². The fourth-order valence-corrected chi connectivity index (χ4v) is 2.21. The van der Waals surface area contributed by atoms with E-state index in [2.05, 4.69) is 27.7 Å². The van der Waals surface area contributed by atoms with Gasteiger partial charge in [-0.1, -0.05) is 27.7 Å². The van der Waals surface area contributed by atoms with Crippen LogP contribution in [0.25, 0.3) is 0 Å². The van der Waals surface area contributed by atoms with Crippen molar-refractivity contribution < 1.29 is 14.3 Å². The molecule has 0 aromatic rings. The van der Waals surface area contributed by atoms with Crippen molar-refractivity contribution >= 4 is 5.97 Å². The van der Waals surface area contributed by atoms with Gasteiger partial charge < -0.3 is 15.2 Å².